The summed E-state index contributed by atoms with van der Waals surface area (Å²) >= 11 is 0.777. The fraction of sp³-hybridized carbons (Fsp3) is 0.545. The summed E-state index contributed by atoms with van der Waals surface area (Å²) < 4.78 is 26.7. The van der Waals surface area contributed by atoms with Gasteiger partial charge in [-0.1, -0.05) is 6.42 Å². The zero-order valence-corrected chi connectivity index (χ0v) is 11.6. The van der Waals surface area contributed by atoms with Crippen LogP contribution in [0, 0.1) is 5.92 Å². The van der Waals surface area contributed by atoms with Crippen LogP contribution in [-0.4, -0.2) is 25.5 Å². The van der Waals surface area contributed by atoms with Crippen LogP contribution in [0.4, 0.5) is 0 Å². The first-order valence-electron chi connectivity index (χ1n) is 5.75. The number of hydrogen-bond donors (Lipinski definition) is 2. The van der Waals surface area contributed by atoms with Crippen molar-refractivity contribution in [1.82, 2.24) is 4.72 Å². The van der Waals surface area contributed by atoms with Crippen LogP contribution in [0.25, 0.3) is 0 Å². The molecule has 0 radical (unpaired) electrons. The van der Waals surface area contributed by atoms with Crippen LogP contribution in [0.2, 0.25) is 0 Å². The van der Waals surface area contributed by atoms with Crippen molar-refractivity contribution in [2.45, 2.75) is 36.4 Å². The summed E-state index contributed by atoms with van der Waals surface area (Å²) in [7, 11) is -3.59. The maximum absolute atomic E-state index is 12.0. The van der Waals surface area contributed by atoms with Crippen molar-refractivity contribution in [2.24, 2.45) is 5.92 Å². The number of aromatic carboxylic acids is 1. The Morgan fingerprint density at radius 3 is 2.61 bits per heavy atom. The van der Waals surface area contributed by atoms with Gasteiger partial charge in [0.25, 0.3) is 0 Å². The van der Waals surface area contributed by atoms with E-state index in [1.807, 2.05) is 6.92 Å². The molecule has 1 aromatic rings. The predicted molar refractivity (Wildman–Crippen MR) is 68.4 cm³/mol. The Morgan fingerprint density at radius 1 is 1.50 bits per heavy atom. The quantitative estimate of drug-likeness (QED) is 0.867. The zero-order chi connectivity index (χ0) is 13.3. The molecular formula is C11H15NO4S2. The van der Waals surface area contributed by atoms with E-state index in [-0.39, 0.29) is 15.1 Å². The minimum atomic E-state index is -3.59. The average Bonchev–Trinajstić information content (AvgIpc) is 2.61. The molecule has 1 unspecified atom stereocenters. The number of carboxylic acid groups (broad SMARTS) is 1. The smallest absolute Gasteiger partial charge is 0.345 e. The molecule has 100 valence electrons. The van der Waals surface area contributed by atoms with Gasteiger partial charge in [-0.15, -0.1) is 11.3 Å². The van der Waals surface area contributed by atoms with Crippen molar-refractivity contribution in [2.75, 3.05) is 0 Å². The maximum atomic E-state index is 12.0. The second kappa shape index (κ2) is 4.99. The van der Waals surface area contributed by atoms with Crippen molar-refractivity contribution in [3.05, 3.63) is 17.0 Å². The van der Waals surface area contributed by atoms with Gasteiger partial charge in [-0.3, -0.25) is 0 Å². The number of hydrogen-bond acceptors (Lipinski definition) is 4. The molecule has 1 heterocycles. The first kappa shape index (κ1) is 13.5. The second-order valence-corrected chi connectivity index (χ2v) is 7.55. The van der Waals surface area contributed by atoms with E-state index in [9.17, 15) is 13.2 Å². The normalized spacial score (nSPS) is 18.3. The Balaban J connectivity index is 2.11. The largest absolute Gasteiger partial charge is 0.477 e. The number of nitrogens with one attached hydrogen (secondary N) is 1. The number of carbonyl (C=O) groups is 1. The molecule has 0 bridgehead atoms. The lowest BCUT2D eigenvalue weighted by Crippen LogP contribution is -2.40. The molecule has 1 aromatic heterocycles. The molecule has 7 heteroatoms. The van der Waals surface area contributed by atoms with Gasteiger partial charge in [0, 0.05) is 6.04 Å². The summed E-state index contributed by atoms with van der Waals surface area (Å²) in [4.78, 5) is 10.8. The van der Waals surface area contributed by atoms with Crippen molar-refractivity contribution in [3.8, 4) is 0 Å². The van der Waals surface area contributed by atoms with E-state index in [2.05, 4.69) is 4.72 Å². The highest BCUT2D eigenvalue weighted by molar-refractivity contribution is 7.91. The lowest BCUT2D eigenvalue weighted by Gasteiger charge is -2.31. The van der Waals surface area contributed by atoms with Gasteiger partial charge in [-0.2, -0.15) is 0 Å². The van der Waals surface area contributed by atoms with Gasteiger partial charge in [0.05, 0.1) is 0 Å². The highest BCUT2D eigenvalue weighted by Crippen LogP contribution is 2.30. The first-order chi connectivity index (χ1) is 8.40. The summed E-state index contributed by atoms with van der Waals surface area (Å²) in [6, 6.07) is 2.55. The molecule has 0 saturated heterocycles. The molecule has 1 aliphatic carbocycles. The third kappa shape index (κ3) is 2.73. The standard InChI is InChI=1S/C11H15NO4S2/c1-7(8-3-2-4-8)12-18(15,16)10-6-5-9(17-10)11(13)14/h5-8,12H,2-4H2,1H3,(H,13,14). The van der Waals surface area contributed by atoms with Crippen LogP contribution in [0.3, 0.4) is 0 Å². The molecule has 0 amide bonds. The lowest BCUT2D eigenvalue weighted by molar-refractivity contribution is 0.0702. The molecule has 1 fully saturated rings. The van der Waals surface area contributed by atoms with E-state index in [1.54, 1.807) is 0 Å². The van der Waals surface area contributed by atoms with Crippen LogP contribution < -0.4 is 4.72 Å². The van der Waals surface area contributed by atoms with Crippen LogP contribution in [0.15, 0.2) is 16.3 Å². The van der Waals surface area contributed by atoms with Crippen LogP contribution in [0.1, 0.15) is 35.9 Å². The number of sulfonamides is 1. The van der Waals surface area contributed by atoms with Crippen molar-refractivity contribution < 1.29 is 18.3 Å². The SMILES string of the molecule is CC(NS(=O)(=O)c1ccc(C(=O)O)s1)C1CCC1. The minimum absolute atomic E-state index is 0.0340. The summed E-state index contributed by atoms with van der Waals surface area (Å²) in [5.41, 5.74) is 0. The molecule has 0 aliphatic heterocycles. The van der Waals surface area contributed by atoms with E-state index in [0.29, 0.717) is 5.92 Å². The Morgan fingerprint density at radius 2 is 2.17 bits per heavy atom. The Hall–Kier alpha value is -0.920. The van der Waals surface area contributed by atoms with Crippen LogP contribution in [0.5, 0.6) is 0 Å². The summed E-state index contributed by atoms with van der Waals surface area (Å²) in [6.45, 7) is 1.85. The molecule has 1 saturated carbocycles. The van der Waals surface area contributed by atoms with Crippen LogP contribution in [-0.2, 0) is 10.0 Å². The number of rotatable bonds is 5. The van der Waals surface area contributed by atoms with Crippen molar-refractivity contribution in [1.29, 1.82) is 0 Å². The first-order valence-corrected chi connectivity index (χ1v) is 8.05. The average molecular weight is 289 g/mol. The van der Waals surface area contributed by atoms with E-state index in [4.69, 9.17) is 5.11 Å². The molecule has 5 nitrogen and oxygen atoms in total. The summed E-state index contributed by atoms with van der Waals surface area (Å²) in [5, 5.41) is 8.78. The Labute approximate surface area is 110 Å². The van der Waals surface area contributed by atoms with Crippen molar-refractivity contribution in [3.63, 3.8) is 0 Å². The molecule has 18 heavy (non-hydrogen) atoms. The van der Waals surface area contributed by atoms with Gasteiger partial charge in [0.1, 0.15) is 9.09 Å². The van der Waals surface area contributed by atoms with Crippen LogP contribution >= 0.6 is 11.3 Å². The van der Waals surface area contributed by atoms with E-state index >= 15 is 0 Å². The van der Waals surface area contributed by atoms with Gasteiger partial charge in [-0.05, 0) is 37.8 Å². The fourth-order valence-corrected chi connectivity index (χ4v) is 4.39. The van der Waals surface area contributed by atoms with Gasteiger partial charge < -0.3 is 5.11 Å². The highest BCUT2D eigenvalue weighted by atomic mass is 32.2. The zero-order valence-electron chi connectivity index (χ0n) is 9.92. The van der Waals surface area contributed by atoms with Gasteiger partial charge in [0.2, 0.25) is 10.0 Å². The lowest BCUT2D eigenvalue weighted by atomic mass is 9.81. The molecule has 0 spiro atoms. The third-order valence-electron chi connectivity index (χ3n) is 3.25. The molecule has 2 rings (SSSR count). The molecule has 1 atom stereocenters. The molecular weight excluding hydrogens is 274 g/mol. The Kier molecular flexibility index (Phi) is 3.74. The molecule has 1 aliphatic rings. The number of thiophene rings is 1. The summed E-state index contributed by atoms with van der Waals surface area (Å²) in [5.74, 6) is -0.702. The molecule has 2 N–H and O–H groups in total. The van der Waals surface area contributed by atoms with Crippen molar-refractivity contribution >= 4 is 27.3 Å². The predicted octanol–water partition coefficient (Wildman–Crippen LogP) is 1.91. The monoisotopic (exact) mass is 289 g/mol. The summed E-state index contributed by atoms with van der Waals surface area (Å²) in [6.07, 6.45) is 3.25. The molecule has 0 aromatic carbocycles. The van der Waals surface area contributed by atoms with E-state index in [0.717, 1.165) is 30.6 Å². The Bertz CT molecular complexity index is 545. The number of carboxylic acids is 1. The third-order valence-corrected chi connectivity index (χ3v) is 6.38. The van der Waals surface area contributed by atoms with Gasteiger partial charge in [0.15, 0.2) is 0 Å². The maximum Gasteiger partial charge on any atom is 0.345 e. The van der Waals surface area contributed by atoms with E-state index in [1.165, 1.54) is 12.1 Å². The fourth-order valence-electron chi connectivity index (χ4n) is 1.92. The van der Waals surface area contributed by atoms with Gasteiger partial charge >= 0.3 is 5.97 Å². The second-order valence-electron chi connectivity index (χ2n) is 4.52. The van der Waals surface area contributed by atoms with E-state index < -0.39 is 16.0 Å². The topological polar surface area (TPSA) is 83.5 Å². The highest BCUT2D eigenvalue weighted by Gasteiger charge is 2.28. The van der Waals surface area contributed by atoms with Gasteiger partial charge in [-0.25, -0.2) is 17.9 Å². The minimum Gasteiger partial charge on any atom is -0.477 e.